The average molecular weight is 318 g/mol. The fourth-order valence-corrected chi connectivity index (χ4v) is 4.84. The van der Waals surface area contributed by atoms with Crippen LogP contribution in [0.25, 0.3) is 0 Å². The molecule has 114 valence electrons. The highest BCUT2D eigenvalue weighted by molar-refractivity contribution is 7.89. The van der Waals surface area contributed by atoms with Crippen molar-refractivity contribution in [1.29, 1.82) is 0 Å². The van der Waals surface area contributed by atoms with E-state index < -0.39 is 10.0 Å². The summed E-state index contributed by atoms with van der Waals surface area (Å²) < 4.78 is 30.2. The second-order valence-corrected chi connectivity index (χ2v) is 8.38. The van der Waals surface area contributed by atoms with Crippen LogP contribution >= 0.6 is 11.5 Å². The Bertz CT molecular complexity index is 582. The molecule has 0 saturated carbocycles. The van der Waals surface area contributed by atoms with E-state index in [0.29, 0.717) is 17.0 Å². The number of nitrogen functional groups attached to an aromatic ring is 1. The van der Waals surface area contributed by atoms with Gasteiger partial charge in [-0.2, -0.15) is 4.37 Å². The maximum absolute atomic E-state index is 12.5. The predicted molar refractivity (Wildman–Crippen MR) is 82.6 cm³/mol. The molecule has 1 fully saturated rings. The highest BCUT2D eigenvalue weighted by Crippen LogP contribution is 2.39. The maximum atomic E-state index is 12.5. The van der Waals surface area contributed by atoms with Crippen LogP contribution in [0.5, 0.6) is 0 Å². The maximum Gasteiger partial charge on any atom is 0.249 e. The van der Waals surface area contributed by atoms with Gasteiger partial charge in [0.2, 0.25) is 10.0 Å². The van der Waals surface area contributed by atoms with Crippen molar-refractivity contribution in [3.63, 3.8) is 0 Å². The van der Waals surface area contributed by atoms with Gasteiger partial charge in [0.1, 0.15) is 5.00 Å². The van der Waals surface area contributed by atoms with E-state index in [0.717, 1.165) is 13.0 Å². The summed E-state index contributed by atoms with van der Waals surface area (Å²) in [5, 5.41) is 0.676. The second-order valence-electron chi connectivity index (χ2n) is 5.54. The summed E-state index contributed by atoms with van der Waals surface area (Å²) in [6.07, 6.45) is 2.23. The quantitative estimate of drug-likeness (QED) is 0.915. The van der Waals surface area contributed by atoms with Crippen molar-refractivity contribution in [2.24, 2.45) is 5.92 Å². The van der Waals surface area contributed by atoms with Gasteiger partial charge in [-0.05, 0) is 37.2 Å². The first-order valence-corrected chi connectivity index (χ1v) is 8.92. The van der Waals surface area contributed by atoms with Crippen LogP contribution in [-0.4, -0.2) is 43.8 Å². The zero-order valence-corrected chi connectivity index (χ0v) is 14.0. The van der Waals surface area contributed by atoms with Crippen LogP contribution < -0.4 is 10.6 Å². The summed E-state index contributed by atoms with van der Waals surface area (Å²) >= 11 is 1.18. The first kappa shape index (κ1) is 15.5. The van der Waals surface area contributed by atoms with E-state index >= 15 is 0 Å². The number of sulfonamides is 1. The summed E-state index contributed by atoms with van der Waals surface area (Å²) in [7, 11) is -0.546. The lowest BCUT2D eigenvalue weighted by atomic mass is 9.92. The number of nitrogens with zero attached hydrogens (tertiary/aromatic N) is 3. The molecule has 0 radical (unpaired) electrons. The fourth-order valence-electron chi connectivity index (χ4n) is 2.51. The van der Waals surface area contributed by atoms with E-state index in [1.807, 2.05) is 0 Å². The van der Waals surface area contributed by atoms with Crippen LogP contribution in [0, 0.1) is 5.92 Å². The Morgan fingerprint density at radius 2 is 2.05 bits per heavy atom. The molecule has 1 aromatic heterocycles. The molecule has 0 aromatic carbocycles. The van der Waals surface area contributed by atoms with E-state index in [4.69, 9.17) is 5.73 Å². The minimum Gasteiger partial charge on any atom is -0.382 e. The first-order valence-electron chi connectivity index (χ1n) is 6.71. The Kier molecular flexibility index (Phi) is 4.27. The molecule has 0 spiro atoms. The lowest BCUT2D eigenvalue weighted by molar-refractivity contribution is 0.363. The van der Waals surface area contributed by atoms with Crippen molar-refractivity contribution >= 4 is 32.4 Å². The van der Waals surface area contributed by atoms with Crippen LogP contribution in [-0.2, 0) is 10.0 Å². The van der Waals surface area contributed by atoms with Gasteiger partial charge in [0.25, 0.3) is 0 Å². The van der Waals surface area contributed by atoms with E-state index in [1.54, 1.807) is 0 Å². The molecule has 1 aromatic rings. The molecule has 1 aliphatic heterocycles. The summed E-state index contributed by atoms with van der Waals surface area (Å²) in [5.41, 5.74) is 5.82. The third-order valence-corrected chi connectivity index (χ3v) is 6.94. The summed E-state index contributed by atoms with van der Waals surface area (Å²) in [6, 6.07) is 0.291. The minimum absolute atomic E-state index is 0.101. The monoisotopic (exact) mass is 318 g/mol. The number of piperidine rings is 1. The molecule has 0 aliphatic carbocycles. The van der Waals surface area contributed by atoms with Gasteiger partial charge in [-0.3, -0.25) is 0 Å². The van der Waals surface area contributed by atoms with Gasteiger partial charge in [-0.25, -0.2) is 12.7 Å². The molecule has 6 nitrogen and oxygen atoms in total. The predicted octanol–water partition coefficient (Wildman–Crippen LogP) is 1.60. The molecule has 8 heteroatoms. The number of hydrogen-bond donors (Lipinski definition) is 1. The molecule has 0 bridgehead atoms. The van der Waals surface area contributed by atoms with E-state index in [9.17, 15) is 8.42 Å². The SMILES string of the molecule is CC1CCCN(c2snc(N)c2S(=O)(=O)N(C)C)C1C. The zero-order chi connectivity index (χ0) is 15.1. The van der Waals surface area contributed by atoms with E-state index in [-0.39, 0.29) is 10.7 Å². The smallest absolute Gasteiger partial charge is 0.249 e. The lowest BCUT2D eigenvalue weighted by Gasteiger charge is -2.38. The van der Waals surface area contributed by atoms with Gasteiger partial charge in [0, 0.05) is 26.7 Å². The van der Waals surface area contributed by atoms with Crippen LogP contribution in [0.4, 0.5) is 10.8 Å². The van der Waals surface area contributed by atoms with Crippen molar-refractivity contribution in [3.05, 3.63) is 0 Å². The number of hydrogen-bond acceptors (Lipinski definition) is 6. The van der Waals surface area contributed by atoms with Crippen molar-refractivity contribution in [3.8, 4) is 0 Å². The van der Waals surface area contributed by atoms with Gasteiger partial charge in [-0.15, -0.1) is 0 Å². The third-order valence-electron chi connectivity index (χ3n) is 4.03. The Morgan fingerprint density at radius 3 is 2.65 bits per heavy atom. The van der Waals surface area contributed by atoms with Gasteiger partial charge >= 0.3 is 0 Å². The fraction of sp³-hybridized carbons (Fsp3) is 0.750. The molecule has 2 atom stereocenters. The van der Waals surface area contributed by atoms with Gasteiger partial charge in [0.05, 0.1) is 0 Å². The minimum atomic E-state index is -3.57. The molecule has 1 aliphatic rings. The van der Waals surface area contributed by atoms with Crippen molar-refractivity contribution in [1.82, 2.24) is 8.68 Å². The number of anilines is 2. The summed E-state index contributed by atoms with van der Waals surface area (Å²) in [4.78, 5) is 2.30. The summed E-state index contributed by atoms with van der Waals surface area (Å²) in [6.45, 7) is 5.18. The number of rotatable bonds is 3. The van der Waals surface area contributed by atoms with Crippen LogP contribution in [0.2, 0.25) is 0 Å². The number of aromatic nitrogens is 1. The summed E-state index contributed by atoms with van der Waals surface area (Å²) in [5.74, 6) is 0.631. The molecule has 2 heterocycles. The highest BCUT2D eigenvalue weighted by Gasteiger charge is 2.34. The van der Waals surface area contributed by atoms with E-state index in [1.165, 1.54) is 36.4 Å². The molecule has 2 N–H and O–H groups in total. The first-order chi connectivity index (χ1) is 9.26. The molecule has 0 amide bonds. The molecule has 20 heavy (non-hydrogen) atoms. The van der Waals surface area contributed by atoms with E-state index in [2.05, 4.69) is 23.1 Å². The lowest BCUT2D eigenvalue weighted by Crippen LogP contribution is -2.42. The Balaban J connectivity index is 2.49. The zero-order valence-electron chi connectivity index (χ0n) is 12.3. The van der Waals surface area contributed by atoms with Gasteiger partial charge < -0.3 is 10.6 Å². The van der Waals surface area contributed by atoms with Crippen LogP contribution in [0.3, 0.4) is 0 Å². The Labute approximate surface area is 124 Å². The van der Waals surface area contributed by atoms with Gasteiger partial charge in [-0.1, -0.05) is 6.92 Å². The molecular weight excluding hydrogens is 296 g/mol. The molecule has 1 saturated heterocycles. The highest BCUT2D eigenvalue weighted by atomic mass is 32.2. The topological polar surface area (TPSA) is 79.5 Å². The van der Waals surface area contributed by atoms with Crippen LogP contribution in [0.1, 0.15) is 26.7 Å². The average Bonchev–Trinajstić information content (AvgIpc) is 2.75. The normalized spacial score (nSPS) is 24.4. The van der Waals surface area contributed by atoms with Crippen molar-refractivity contribution < 1.29 is 8.42 Å². The van der Waals surface area contributed by atoms with Crippen LogP contribution in [0.15, 0.2) is 4.90 Å². The largest absolute Gasteiger partial charge is 0.382 e. The van der Waals surface area contributed by atoms with Crippen molar-refractivity contribution in [2.75, 3.05) is 31.3 Å². The van der Waals surface area contributed by atoms with Crippen molar-refractivity contribution in [2.45, 2.75) is 37.6 Å². The molecular formula is C12H22N4O2S2. The Morgan fingerprint density at radius 1 is 1.40 bits per heavy atom. The number of nitrogens with two attached hydrogens (primary N) is 1. The standard InChI is InChI=1S/C12H22N4O2S2/c1-8-6-5-7-16(9(8)2)12-10(11(13)14-19-12)20(17,18)15(3)4/h8-9H,5-7H2,1-4H3,(H2,13,14). The molecule has 2 rings (SSSR count). The Hall–Kier alpha value is -0.860. The molecule has 2 unspecified atom stereocenters. The van der Waals surface area contributed by atoms with Gasteiger partial charge in [0.15, 0.2) is 10.7 Å². The second kappa shape index (κ2) is 5.50. The third kappa shape index (κ3) is 2.51.